The average Bonchev–Trinajstić information content (AvgIpc) is 3.01. The van der Waals surface area contributed by atoms with Crippen molar-refractivity contribution < 1.29 is 28.7 Å². The zero-order valence-electron chi connectivity index (χ0n) is 11.9. The molecule has 1 aromatic carbocycles. The van der Waals surface area contributed by atoms with Crippen LogP contribution in [0.4, 0.5) is 0 Å². The monoisotopic (exact) mass is 303 g/mol. The highest BCUT2D eigenvalue weighted by atomic mass is 16.5. The zero-order chi connectivity index (χ0) is 16.1. The largest absolute Gasteiger partial charge is 0.465 e. The highest BCUT2D eigenvalue weighted by molar-refractivity contribution is 5.99. The quantitative estimate of drug-likeness (QED) is 0.403. The molecule has 1 aromatic heterocycles. The third-order valence-corrected chi connectivity index (χ3v) is 2.92. The molecule has 1 N–H and O–H groups in total. The van der Waals surface area contributed by atoms with Crippen molar-refractivity contribution in [2.45, 2.75) is 0 Å². The fourth-order valence-corrected chi connectivity index (χ4v) is 1.90. The summed E-state index contributed by atoms with van der Waals surface area (Å²) in [6.07, 6.45) is 1.10. The molecule has 0 amide bonds. The van der Waals surface area contributed by atoms with Crippen molar-refractivity contribution in [1.82, 2.24) is 0 Å². The zero-order valence-corrected chi connectivity index (χ0v) is 11.9. The molecule has 0 aliphatic rings. The summed E-state index contributed by atoms with van der Waals surface area (Å²) < 4.78 is 14.8. The van der Waals surface area contributed by atoms with E-state index in [4.69, 9.17) is 14.4 Å². The first-order valence-electron chi connectivity index (χ1n) is 6.19. The minimum atomic E-state index is -0.569. The lowest BCUT2D eigenvalue weighted by Crippen LogP contribution is -2.07. The fourth-order valence-electron chi connectivity index (χ4n) is 1.90. The maximum Gasteiger partial charge on any atom is 0.338 e. The molecule has 7 nitrogen and oxygen atoms in total. The van der Waals surface area contributed by atoms with E-state index in [0.717, 1.165) is 6.21 Å². The number of carbonyl (C=O) groups excluding carboxylic acids is 2. The number of carbonyl (C=O) groups is 2. The summed E-state index contributed by atoms with van der Waals surface area (Å²) in [5.41, 5.74) is 0.864. The second kappa shape index (κ2) is 6.57. The van der Waals surface area contributed by atoms with Gasteiger partial charge in [-0.1, -0.05) is 5.16 Å². The normalized spacial score (nSPS) is 10.6. The molecule has 0 unspecified atom stereocenters. The van der Waals surface area contributed by atoms with Crippen LogP contribution in [0.25, 0.3) is 11.3 Å². The van der Waals surface area contributed by atoms with Crippen LogP contribution in [-0.4, -0.2) is 37.6 Å². The van der Waals surface area contributed by atoms with Gasteiger partial charge in [-0.3, -0.25) is 0 Å². The van der Waals surface area contributed by atoms with Gasteiger partial charge in [0.1, 0.15) is 17.7 Å². The molecule has 0 fully saturated rings. The molecule has 1 heterocycles. The van der Waals surface area contributed by atoms with Gasteiger partial charge in [-0.2, -0.15) is 0 Å². The third kappa shape index (κ3) is 2.98. The molecule has 7 heteroatoms. The summed E-state index contributed by atoms with van der Waals surface area (Å²) in [6, 6.07) is 7.52. The van der Waals surface area contributed by atoms with Crippen molar-refractivity contribution in [3.05, 3.63) is 47.2 Å². The molecule has 0 aliphatic carbocycles. The van der Waals surface area contributed by atoms with Crippen LogP contribution in [0.3, 0.4) is 0 Å². The predicted octanol–water partition coefficient (Wildman–Crippen LogP) is 2.33. The number of ether oxygens (including phenoxy) is 2. The number of benzene rings is 1. The van der Waals surface area contributed by atoms with Gasteiger partial charge in [0.2, 0.25) is 0 Å². The number of rotatable bonds is 4. The van der Waals surface area contributed by atoms with E-state index in [1.165, 1.54) is 32.4 Å². The Morgan fingerprint density at radius 2 is 1.86 bits per heavy atom. The third-order valence-electron chi connectivity index (χ3n) is 2.92. The molecule has 0 atom stereocenters. The Morgan fingerprint density at radius 3 is 2.50 bits per heavy atom. The summed E-state index contributed by atoms with van der Waals surface area (Å²) in [5.74, 6) is -0.501. The SMILES string of the molecule is COC(=O)c1ccc(C(=O)OC)c(-c2ccc(/C=N/O)o2)c1. The van der Waals surface area contributed by atoms with E-state index in [1.54, 1.807) is 12.1 Å². The van der Waals surface area contributed by atoms with Crippen LogP contribution in [0.2, 0.25) is 0 Å². The Hall–Kier alpha value is -3.09. The van der Waals surface area contributed by atoms with E-state index in [9.17, 15) is 9.59 Å². The van der Waals surface area contributed by atoms with Crippen molar-refractivity contribution >= 4 is 18.2 Å². The van der Waals surface area contributed by atoms with Crippen molar-refractivity contribution in [2.24, 2.45) is 5.16 Å². The van der Waals surface area contributed by atoms with E-state index >= 15 is 0 Å². The molecule has 0 saturated heterocycles. The number of furan rings is 1. The van der Waals surface area contributed by atoms with Gasteiger partial charge in [-0.05, 0) is 30.3 Å². The molecular weight excluding hydrogens is 290 g/mol. The summed E-state index contributed by atoms with van der Waals surface area (Å²) in [4.78, 5) is 23.5. The van der Waals surface area contributed by atoms with Gasteiger partial charge >= 0.3 is 11.9 Å². The van der Waals surface area contributed by atoms with E-state index in [0.29, 0.717) is 11.3 Å². The summed E-state index contributed by atoms with van der Waals surface area (Å²) in [7, 11) is 2.52. The van der Waals surface area contributed by atoms with Gasteiger partial charge in [-0.15, -0.1) is 0 Å². The van der Waals surface area contributed by atoms with Crippen molar-refractivity contribution in [3.63, 3.8) is 0 Å². The summed E-state index contributed by atoms with van der Waals surface area (Å²) in [5, 5.41) is 11.4. The Bertz CT molecular complexity index is 731. The van der Waals surface area contributed by atoms with Gasteiger partial charge in [-0.25, -0.2) is 9.59 Å². The summed E-state index contributed by atoms with van der Waals surface area (Å²) in [6.45, 7) is 0. The van der Waals surface area contributed by atoms with E-state index in [1.807, 2.05) is 0 Å². The van der Waals surface area contributed by atoms with Crippen LogP contribution in [0.1, 0.15) is 26.5 Å². The molecular formula is C15H13NO6. The van der Waals surface area contributed by atoms with Gasteiger partial charge in [0.25, 0.3) is 0 Å². The lowest BCUT2D eigenvalue weighted by molar-refractivity contribution is 0.0587. The standard InChI is InChI=1S/C15H13NO6/c1-20-14(17)9-3-5-11(15(18)21-2)12(7-9)13-6-4-10(22-13)8-16-19/h3-8,19H,1-2H3/b16-8+. The molecule has 0 radical (unpaired) electrons. The minimum Gasteiger partial charge on any atom is -0.465 e. The number of methoxy groups -OCH3 is 2. The number of hydrogen-bond donors (Lipinski definition) is 1. The fraction of sp³-hybridized carbons (Fsp3) is 0.133. The Labute approximate surface area is 125 Å². The molecule has 114 valence electrons. The average molecular weight is 303 g/mol. The first-order chi connectivity index (χ1) is 10.6. The van der Waals surface area contributed by atoms with Crippen LogP contribution >= 0.6 is 0 Å². The molecule has 0 bridgehead atoms. The first-order valence-corrected chi connectivity index (χ1v) is 6.19. The smallest absolute Gasteiger partial charge is 0.338 e. The second-order valence-corrected chi connectivity index (χ2v) is 4.19. The van der Waals surface area contributed by atoms with Crippen LogP contribution in [0, 0.1) is 0 Å². The van der Waals surface area contributed by atoms with Crippen molar-refractivity contribution in [1.29, 1.82) is 0 Å². The molecule has 0 saturated carbocycles. The van der Waals surface area contributed by atoms with E-state index in [2.05, 4.69) is 9.89 Å². The van der Waals surface area contributed by atoms with E-state index in [-0.39, 0.29) is 16.9 Å². The lowest BCUT2D eigenvalue weighted by atomic mass is 10.0. The first kappa shape index (κ1) is 15.3. The Balaban J connectivity index is 2.57. The number of hydrogen-bond acceptors (Lipinski definition) is 7. The number of esters is 2. The van der Waals surface area contributed by atoms with Gasteiger partial charge < -0.3 is 19.1 Å². The topological polar surface area (TPSA) is 98.3 Å². The maximum atomic E-state index is 11.8. The highest BCUT2D eigenvalue weighted by Crippen LogP contribution is 2.27. The molecule has 2 aromatic rings. The van der Waals surface area contributed by atoms with Crippen LogP contribution in [0.5, 0.6) is 0 Å². The number of nitrogens with zero attached hydrogens (tertiary/aromatic N) is 1. The van der Waals surface area contributed by atoms with E-state index < -0.39 is 11.9 Å². The molecule has 0 aliphatic heterocycles. The molecule has 0 spiro atoms. The van der Waals surface area contributed by atoms with Gasteiger partial charge in [0.15, 0.2) is 0 Å². The van der Waals surface area contributed by atoms with Crippen LogP contribution in [-0.2, 0) is 9.47 Å². The van der Waals surface area contributed by atoms with Gasteiger partial charge in [0.05, 0.1) is 25.3 Å². The maximum absolute atomic E-state index is 11.8. The van der Waals surface area contributed by atoms with Crippen molar-refractivity contribution in [3.8, 4) is 11.3 Å². The predicted molar refractivity (Wildman–Crippen MR) is 76.2 cm³/mol. The summed E-state index contributed by atoms with van der Waals surface area (Å²) >= 11 is 0. The number of oxime groups is 1. The van der Waals surface area contributed by atoms with Gasteiger partial charge in [0, 0.05) is 5.56 Å². The second-order valence-electron chi connectivity index (χ2n) is 4.19. The Kier molecular flexibility index (Phi) is 4.57. The Morgan fingerprint density at radius 1 is 1.14 bits per heavy atom. The van der Waals surface area contributed by atoms with Crippen LogP contribution in [0.15, 0.2) is 39.9 Å². The lowest BCUT2D eigenvalue weighted by Gasteiger charge is -2.08. The van der Waals surface area contributed by atoms with Crippen LogP contribution < -0.4 is 0 Å². The van der Waals surface area contributed by atoms with Crippen molar-refractivity contribution in [2.75, 3.05) is 14.2 Å². The molecule has 22 heavy (non-hydrogen) atoms. The minimum absolute atomic E-state index is 0.233. The highest BCUT2D eigenvalue weighted by Gasteiger charge is 2.18. The molecule has 2 rings (SSSR count).